The first-order valence-electron chi connectivity index (χ1n) is 12.0. The van der Waals surface area contributed by atoms with Crippen LogP contribution in [0.2, 0.25) is 0 Å². The van der Waals surface area contributed by atoms with Gasteiger partial charge in [-0.3, -0.25) is 14.6 Å². The van der Waals surface area contributed by atoms with Crippen molar-refractivity contribution in [3.05, 3.63) is 69.8 Å². The van der Waals surface area contributed by atoms with Gasteiger partial charge in [-0.05, 0) is 64.8 Å². The topological polar surface area (TPSA) is 119 Å². The Balaban J connectivity index is 1.43. The first kappa shape index (κ1) is 24.4. The van der Waals surface area contributed by atoms with E-state index in [1.54, 1.807) is 24.1 Å². The van der Waals surface area contributed by atoms with Gasteiger partial charge in [-0.25, -0.2) is 4.98 Å². The number of piperidine rings is 1. The lowest BCUT2D eigenvalue weighted by molar-refractivity contribution is -0.130. The van der Waals surface area contributed by atoms with Gasteiger partial charge in [-0.2, -0.15) is 0 Å². The Kier molecular flexibility index (Phi) is 6.50. The number of hydrogen-bond acceptors (Lipinski definition) is 8. The minimum Gasteiger partial charge on any atom is -0.423 e. The highest BCUT2D eigenvalue weighted by Crippen LogP contribution is 2.34. The lowest BCUT2D eigenvalue weighted by Crippen LogP contribution is -2.52. The van der Waals surface area contributed by atoms with Gasteiger partial charge in [0.2, 0.25) is 18.2 Å². The van der Waals surface area contributed by atoms with E-state index in [-0.39, 0.29) is 23.9 Å². The predicted octanol–water partition coefficient (Wildman–Crippen LogP) is 4.56. The molecule has 0 bridgehead atoms. The summed E-state index contributed by atoms with van der Waals surface area (Å²) in [5.74, 6) is 0.878. The lowest BCUT2D eigenvalue weighted by Gasteiger charge is -2.38. The van der Waals surface area contributed by atoms with E-state index in [0.29, 0.717) is 41.8 Å². The maximum atomic E-state index is 13.0. The van der Waals surface area contributed by atoms with Crippen LogP contribution >= 0.6 is 27.3 Å². The second kappa shape index (κ2) is 10.1. The minimum atomic E-state index is -0.251. The van der Waals surface area contributed by atoms with Gasteiger partial charge in [0.15, 0.2) is 5.82 Å². The molecule has 1 saturated heterocycles. The van der Waals surface area contributed by atoms with Crippen LogP contribution in [0.4, 0.5) is 0 Å². The standard InChI is InChI=1S/C26H22BrN7O3S/c1-15(35)33-12-17(30-25(36)22-7-8-23(27)38-22)11-18(13-33)34-21-10-16(26-32-29-14-37-26)5-6-19(21)31-24(34)20-4-2-3-9-28-20/h2-10,14,17-18H,11-13H2,1H3,(H,30,36). The van der Waals surface area contributed by atoms with Crippen molar-refractivity contribution in [3.63, 3.8) is 0 Å². The maximum Gasteiger partial charge on any atom is 0.261 e. The van der Waals surface area contributed by atoms with Gasteiger partial charge in [0.05, 0.1) is 25.7 Å². The molecule has 2 atom stereocenters. The molecule has 192 valence electrons. The summed E-state index contributed by atoms with van der Waals surface area (Å²) < 4.78 is 8.44. The van der Waals surface area contributed by atoms with Crippen LogP contribution in [-0.4, -0.2) is 60.6 Å². The third-order valence-electron chi connectivity index (χ3n) is 6.56. The third-order valence-corrected chi connectivity index (χ3v) is 8.18. The van der Waals surface area contributed by atoms with E-state index in [9.17, 15) is 9.59 Å². The quantitative estimate of drug-likeness (QED) is 0.318. The number of aromatic nitrogens is 5. The summed E-state index contributed by atoms with van der Waals surface area (Å²) in [7, 11) is 0. The van der Waals surface area contributed by atoms with Crippen molar-refractivity contribution in [1.82, 2.24) is 34.9 Å². The molecule has 1 aromatic carbocycles. The predicted molar refractivity (Wildman–Crippen MR) is 145 cm³/mol. The molecule has 6 rings (SSSR count). The zero-order valence-electron chi connectivity index (χ0n) is 20.2. The van der Waals surface area contributed by atoms with Gasteiger partial charge in [0.1, 0.15) is 5.69 Å². The molecule has 2 unspecified atom stereocenters. The Labute approximate surface area is 229 Å². The number of nitrogens with one attached hydrogen (secondary N) is 1. The Bertz CT molecular complexity index is 1620. The molecule has 0 radical (unpaired) electrons. The van der Waals surface area contributed by atoms with E-state index >= 15 is 0 Å². The van der Waals surface area contributed by atoms with Gasteiger partial charge in [-0.15, -0.1) is 21.5 Å². The van der Waals surface area contributed by atoms with Gasteiger partial charge in [-0.1, -0.05) is 6.07 Å². The lowest BCUT2D eigenvalue weighted by atomic mass is 9.99. The SMILES string of the molecule is CC(=O)N1CC(NC(=O)c2ccc(Br)s2)CC(n2c(-c3ccccn3)nc3ccc(-c4nnco4)cc32)C1. The second-order valence-electron chi connectivity index (χ2n) is 9.06. The first-order valence-corrected chi connectivity index (χ1v) is 13.6. The fraction of sp³-hybridized carbons (Fsp3) is 0.231. The number of pyridine rings is 1. The molecule has 12 heteroatoms. The van der Waals surface area contributed by atoms with Gasteiger partial charge in [0.25, 0.3) is 5.91 Å². The van der Waals surface area contributed by atoms with Crippen LogP contribution in [0.25, 0.3) is 34.0 Å². The summed E-state index contributed by atoms with van der Waals surface area (Å²) in [5.41, 5.74) is 3.10. The molecule has 5 heterocycles. The number of halogens is 1. The molecule has 0 saturated carbocycles. The number of imidazole rings is 1. The largest absolute Gasteiger partial charge is 0.423 e. The van der Waals surface area contributed by atoms with Crippen molar-refractivity contribution in [2.45, 2.75) is 25.4 Å². The highest BCUT2D eigenvalue weighted by Gasteiger charge is 2.33. The van der Waals surface area contributed by atoms with Crippen LogP contribution in [0.5, 0.6) is 0 Å². The Morgan fingerprint density at radius 2 is 2.05 bits per heavy atom. The van der Waals surface area contributed by atoms with E-state index in [1.807, 2.05) is 42.5 Å². The third kappa shape index (κ3) is 4.72. The molecule has 0 aliphatic carbocycles. The summed E-state index contributed by atoms with van der Waals surface area (Å²) in [6.07, 6.45) is 3.63. The number of carbonyl (C=O) groups is 2. The molecule has 5 aromatic rings. The number of likely N-dealkylation sites (tertiary alicyclic amines) is 1. The molecule has 38 heavy (non-hydrogen) atoms. The van der Waals surface area contributed by atoms with E-state index in [2.05, 4.69) is 41.0 Å². The van der Waals surface area contributed by atoms with Crippen LogP contribution in [0.1, 0.15) is 29.1 Å². The minimum absolute atomic E-state index is 0.0526. The number of thiophene rings is 1. The Morgan fingerprint density at radius 1 is 1.16 bits per heavy atom. The average molecular weight is 592 g/mol. The number of nitrogens with zero attached hydrogens (tertiary/aromatic N) is 6. The molecule has 0 spiro atoms. The van der Waals surface area contributed by atoms with Crippen LogP contribution in [0, 0.1) is 0 Å². The summed E-state index contributed by atoms with van der Waals surface area (Å²) >= 11 is 4.79. The van der Waals surface area contributed by atoms with Crippen LogP contribution in [-0.2, 0) is 4.79 Å². The molecular weight excluding hydrogens is 570 g/mol. The highest BCUT2D eigenvalue weighted by atomic mass is 79.9. The van der Waals surface area contributed by atoms with Crippen molar-refractivity contribution in [1.29, 1.82) is 0 Å². The zero-order chi connectivity index (χ0) is 26.2. The van der Waals surface area contributed by atoms with Crippen LogP contribution in [0.3, 0.4) is 0 Å². The molecule has 1 aliphatic rings. The normalized spacial score (nSPS) is 17.6. The van der Waals surface area contributed by atoms with E-state index in [1.165, 1.54) is 17.7 Å². The smallest absolute Gasteiger partial charge is 0.261 e. The Morgan fingerprint density at radius 3 is 2.76 bits per heavy atom. The molecule has 10 nitrogen and oxygen atoms in total. The van der Waals surface area contributed by atoms with Crippen LogP contribution in [0.15, 0.2) is 69.3 Å². The number of rotatable bonds is 5. The molecule has 1 N–H and O–H groups in total. The summed E-state index contributed by atoms with van der Waals surface area (Å²) in [6, 6.07) is 14.7. The van der Waals surface area contributed by atoms with Crippen LogP contribution < -0.4 is 5.32 Å². The highest BCUT2D eigenvalue weighted by molar-refractivity contribution is 9.11. The first-order chi connectivity index (χ1) is 18.5. The second-order valence-corrected chi connectivity index (χ2v) is 11.5. The number of hydrogen-bond donors (Lipinski definition) is 1. The average Bonchev–Trinajstić information content (AvgIpc) is 3.68. The molecule has 2 amide bonds. The van der Waals surface area contributed by atoms with Gasteiger partial charge >= 0.3 is 0 Å². The molecule has 1 fully saturated rings. The number of carbonyl (C=O) groups excluding carboxylic acids is 2. The van der Waals surface area contributed by atoms with Gasteiger partial charge < -0.3 is 19.2 Å². The van der Waals surface area contributed by atoms with E-state index < -0.39 is 0 Å². The molecular formula is C26H22BrN7O3S. The maximum absolute atomic E-state index is 13.0. The van der Waals surface area contributed by atoms with E-state index in [0.717, 1.165) is 20.4 Å². The zero-order valence-corrected chi connectivity index (χ0v) is 22.6. The number of benzene rings is 1. The molecule has 1 aliphatic heterocycles. The van der Waals surface area contributed by atoms with Crippen molar-refractivity contribution < 1.29 is 14.0 Å². The van der Waals surface area contributed by atoms with E-state index in [4.69, 9.17) is 9.40 Å². The van der Waals surface area contributed by atoms with Crippen molar-refractivity contribution in [2.24, 2.45) is 0 Å². The summed E-state index contributed by atoms with van der Waals surface area (Å²) in [5, 5.41) is 11.0. The summed E-state index contributed by atoms with van der Waals surface area (Å²) in [6.45, 7) is 2.46. The van der Waals surface area contributed by atoms with Crippen molar-refractivity contribution >= 4 is 50.1 Å². The number of fused-ring (bicyclic) bond motifs is 1. The van der Waals surface area contributed by atoms with Crippen molar-refractivity contribution in [3.8, 4) is 23.0 Å². The fourth-order valence-electron chi connectivity index (χ4n) is 4.88. The molecule has 4 aromatic heterocycles. The van der Waals surface area contributed by atoms with Gasteiger partial charge in [0, 0.05) is 37.8 Å². The van der Waals surface area contributed by atoms with Crippen molar-refractivity contribution in [2.75, 3.05) is 13.1 Å². The fourth-order valence-corrected chi connectivity index (χ4v) is 6.17. The monoisotopic (exact) mass is 591 g/mol. The summed E-state index contributed by atoms with van der Waals surface area (Å²) in [4.78, 5) is 37.5. The Hall–Kier alpha value is -3.90. The number of amides is 2.